The number of nitrogens with one attached hydrogen (secondary N) is 2. The van der Waals surface area contributed by atoms with Gasteiger partial charge in [0, 0.05) is 19.3 Å². The van der Waals surface area contributed by atoms with Crippen LogP contribution in [-0.2, 0) is 13.6 Å². The average molecular weight is 232 g/mol. The Morgan fingerprint density at radius 1 is 1.47 bits per heavy atom. The third-order valence-electron chi connectivity index (χ3n) is 2.37. The number of carbonyl (C=O) groups is 1. The van der Waals surface area contributed by atoms with Crippen molar-refractivity contribution >= 4 is 5.91 Å². The summed E-state index contributed by atoms with van der Waals surface area (Å²) in [5.41, 5.74) is 0.842. The van der Waals surface area contributed by atoms with Crippen LogP contribution in [0.15, 0.2) is 35.3 Å². The molecule has 1 amide bonds. The molecule has 2 aromatic heterocycles. The molecule has 0 atom stereocenters. The van der Waals surface area contributed by atoms with Crippen LogP contribution in [0.25, 0.3) is 0 Å². The van der Waals surface area contributed by atoms with Crippen molar-refractivity contribution in [3.05, 3.63) is 52.2 Å². The van der Waals surface area contributed by atoms with Gasteiger partial charge in [0.05, 0.1) is 12.2 Å². The summed E-state index contributed by atoms with van der Waals surface area (Å²) in [4.78, 5) is 25.2. The fourth-order valence-electron chi connectivity index (χ4n) is 1.42. The molecule has 0 bridgehead atoms. The van der Waals surface area contributed by atoms with Gasteiger partial charge < -0.3 is 10.3 Å². The van der Waals surface area contributed by atoms with Crippen LogP contribution in [0.1, 0.15) is 16.2 Å². The highest BCUT2D eigenvalue weighted by molar-refractivity contribution is 5.92. The summed E-state index contributed by atoms with van der Waals surface area (Å²) in [7, 11) is 1.80. The zero-order chi connectivity index (χ0) is 12.3. The van der Waals surface area contributed by atoms with E-state index in [0.29, 0.717) is 6.54 Å². The zero-order valence-electron chi connectivity index (χ0n) is 9.30. The van der Waals surface area contributed by atoms with Crippen LogP contribution in [0.3, 0.4) is 0 Å². The fraction of sp³-hybridized carbons (Fsp3) is 0.182. The molecule has 2 aromatic rings. The lowest BCUT2D eigenvalue weighted by Crippen LogP contribution is -2.26. The number of pyridine rings is 1. The molecule has 0 aliphatic rings. The number of aromatic amines is 1. The van der Waals surface area contributed by atoms with Gasteiger partial charge in [0.15, 0.2) is 0 Å². The molecule has 6 nitrogen and oxygen atoms in total. The Kier molecular flexibility index (Phi) is 3.04. The molecular formula is C11H12N4O2. The second-order valence-corrected chi connectivity index (χ2v) is 3.56. The Hall–Kier alpha value is -2.37. The fourth-order valence-corrected chi connectivity index (χ4v) is 1.42. The maximum Gasteiger partial charge on any atom is 0.268 e. The highest BCUT2D eigenvalue weighted by Gasteiger charge is 2.06. The lowest BCUT2D eigenvalue weighted by Gasteiger charge is -2.05. The second kappa shape index (κ2) is 4.65. The molecule has 2 rings (SSSR count). The van der Waals surface area contributed by atoms with E-state index in [0.717, 1.165) is 5.69 Å². The Morgan fingerprint density at radius 3 is 2.94 bits per heavy atom. The third-order valence-corrected chi connectivity index (χ3v) is 2.37. The molecule has 0 spiro atoms. The van der Waals surface area contributed by atoms with E-state index in [-0.39, 0.29) is 17.2 Å². The van der Waals surface area contributed by atoms with Crippen LogP contribution >= 0.6 is 0 Å². The van der Waals surface area contributed by atoms with Crippen molar-refractivity contribution in [2.45, 2.75) is 6.54 Å². The van der Waals surface area contributed by atoms with Crippen LogP contribution in [0, 0.1) is 0 Å². The molecule has 0 radical (unpaired) electrons. The van der Waals surface area contributed by atoms with Crippen LogP contribution < -0.4 is 10.9 Å². The molecule has 2 heterocycles. The van der Waals surface area contributed by atoms with E-state index >= 15 is 0 Å². The number of amides is 1. The van der Waals surface area contributed by atoms with E-state index in [2.05, 4.69) is 15.4 Å². The van der Waals surface area contributed by atoms with Gasteiger partial charge in [-0.25, -0.2) is 0 Å². The van der Waals surface area contributed by atoms with E-state index in [1.807, 2.05) is 6.07 Å². The van der Waals surface area contributed by atoms with Crippen LogP contribution in [0.4, 0.5) is 0 Å². The molecule has 0 aromatic carbocycles. The highest BCUT2D eigenvalue weighted by atomic mass is 16.2. The maximum atomic E-state index is 11.7. The smallest absolute Gasteiger partial charge is 0.268 e. The van der Waals surface area contributed by atoms with Crippen molar-refractivity contribution in [2.24, 2.45) is 7.05 Å². The molecule has 0 saturated heterocycles. The van der Waals surface area contributed by atoms with E-state index in [9.17, 15) is 9.59 Å². The van der Waals surface area contributed by atoms with Crippen molar-refractivity contribution in [3.8, 4) is 0 Å². The minimum Gasteiger partial charge on any atom is -0.345 e. The first-order valence-corrected chi connectivity index (χ1v) is 5.11. The van der Waals surface area contributed by atoms with Crippen molar-refractivity contribution in [1.29, 1.82) is 0 Å². The van der Waals surface area contributed by atoms with E-state index < -0.39 is 0 Å². The number of nitrogens with zero attached hydrogens (tertiary/aromatic N) is 2. The van der Waals surface area contributed by atoms with Gasteiger partial charge in [-0.15, -0.1) is 0 Å². The van der Waals surface area contributed by atoms with Crippen molar-refractivity contribution in [1.82, 2.24) is 20.1 Å². The first kappa shape index (κ1) is 11.1. The van der Waals surface area contributed by atoms with Gasteiger partial charge in [-0.1, -0.05) is 6.07 Å². The Labute approximate surface area is 97.3 Å². The quantitative estimate of drug-likeness (QED) is 0.784. The van der Waals surface area contributed by atoms with Crippen molar-refractivity contribution in [2.75, 3.05) is 0 Å². The van der Waals surface area contributed by atoms with E-state index in [1.54, 1.807) is 24.0 Å². The summed E-state index contributed by atoms with van der Waals surface area (Å²) >= 11 is 0. The summed E-state index contributed by atoms with van der Waals surface area (Å²) in [5, 5.41) is 6.69. The van der Waals surface area contributed by atoms with Gasteiger partial charge >= 0.3 is 0 Å². The van der Waals surface area contributed by atoms with Gasteiger partial charge in [-0.3, -0.25) is 14.3 Å². The predicted molar refractivity (Wildman–Crippen MR) is 61.4 cm³/mol. The van der Waals surface area contributed by atoms with Crippen molar-refractivity contribution in [3.63, 3.8) is 0 Å². The standard InChI is InChI=1S/C11H12N4O2/c1-15-8(5-6-13-15)7-12-11(17)9-3-2-4-10(16)14-9/h2-6H,7H2,1H3,(H,12,17)(H,14,16). The van der Waals surface area contributed by atoms with Gasteiger partial charge in [0.1, 0.15) is 5.69 Å². The maximum absolute atomic E-state index is 11.7. The van der Waals surface area contributed by atoms with E-state index in [1.165, 1.54) is 12.1 Å². The van der Waals surface area contributed by atoms with Gasteiger partial charge in [0.25, 0.3) is 5.91 Å². The molecule has 88 valence electrons. The SMILES string of the molecule is Cn1nccc1CNC(=O)c1cccc(=O)[nH]1. The Bertz CT molecular complexity index is 585. The number of carbonyl (C=O) groups excluding carboxylic acids is 1. The molecule has 0 aliphatic heterocycles. The Balaban J connectivity index is 2.03. The number of aryl methyl sites for hydroxylation is 1. The zero-order valence-corrected chi connectivity index (χ0v) is 9.30. The molecule has 0 unspecified atom stereocenters. The lowest BCUT2D eigenvalue weighted by atomic mass is 10.3. The van der Waals surface area contributed by atoms with Crippen LogP contribution in [-0.4, -0.2) is 20.7 Å². The number of hydrogen-bond acceptors (Lipinski definition) is 3. The van der Waals surface area contributed by atoms with Crippen LogP contribution in [0.2, 0.25) is 0 Å². The lowest BCUT2D eigenvalue weighted by molar-refractivity contribution is 0.0945. The first-order valence-electron chi connectivity index (χ1n) is 5.11. The summed E-state index contributed by atoms with van der Waals surface area (Å²) in [6.45, 7) is 0.367. The minimum absolute atomic E-state index is 0.250. The normalized spacial score (nSPS) is 10.2. The van der Waals surface area contributed by atoms with Gasteiger partial charge in [0.2, 0.25) is 5.56 Å². The molecule has 17 heavy (non-hydrogen) atoms. The van der Waals surface area contributed by atoms with Crippen LogP contribution in [0.5, 0.6) is 0 Å². The molecular weight excluding hydrogens is 220 g/mol. The van der Waals surface area contributed by atoms with E-state index in [4.69, 9.17) is 0 Å². The monoisotopic (exact) mass is 232 g/mol. The molecule has 0 aliphatic carbocycles. The topological polar surface area (TPSA) is 79.8 Å². The van der Waals surface area contributed by atoms with Crippen molar-refractivity contribution < 1.29 is 4.79 Å². The predicted octanol–water partition coefficient (Wildman–Crippen LogP) is 0.0384. The summed E-state index contributed by atoms with van der Waals surface area (Å²) in [6.07, 6.45) is 1.66. The minimum atomic E-state index is -0.316. The Morgan fingerprint density at radius 2 is 2.29 bits per heavy atom. The summed E-state index contributed by atoms with van der Waals surface area (Å²) in [6, 6.07) is 6.27. The third kappa shape index (κ3) is 2.60. The molecule has 0 fully saturated rings. The van der Waals surface area contributed by atoms with Gasteiger partial charge in [-0.05, 0) is 12.1 Å². The summed E-state index contributed by atoms with van der Waals surface area (Å²) in [5.74, 6) is -0.316. The summed E-state index contributed by atoms with van der Waals surface area (Å²) < 4.78 is 1.67. The average Bonchev–Trinajstić information content (AvgIpc) is 2.72. The molecule has 2 N–H and O–H groups in total. The highest BCUT2D eigenvalue weighted by Crippen LogP contribution is 1.96. The number of H-pyrrole nitrogens is 1. The molecule has 0 saturated carbocycles. The largest absolute Gasteiger partial charge is 0.345 e. The number of rotatable bonds is 3. The molecule has 6 heteroatoms. The number of hydrogen-bond donors (Lipinski definition) is 2. The first-order chi connectivity index (χ1) is 8.16. The van der Waals surface area contributed by atoms with Gasteiger partial charge in [-0.2, -0.15) is 5.10 Å². The number of aromatic nitrogens is 3. The second-order valence-electron chi connectivity index (χ2n) is 3.56.